The predicted molar refractivity (Wildman–Crippen MR) is 108 cm³/mol. The van der Waals surface area contributed by atoms with Gasteiger partial charge in [0.1, 0.15) is 18.7 Å². The van der Waals surface area contributed by atoms with Gasteiger partial charge in [-0.05, 0) is 37.1 Å². The van der Waals surface area contributed by atoms with Gasteiger partial charge >= 0.3 is 11.9 Å². The van der Waals surface area contributed by atoms with Gasteiger partial charge in [0.15, 0.2) is 0 Å². The molecule has 1 aliphatic heterocycles. The van der Waals surface area contributed by atoms with E-state index in [2.05, 4.69) is 0 Å². The molecule has 0 atom stereocenters. The van der Waals surface area contributed by atoms with Crippen molar-refractivity contribution in [3.05, 3.63) is 56.4 Å². The number of nitrogens with zero attached hydrogens (tertiary/aromatic N) is 2. The first-order valence-corrected chi connectivity index (χ1v) is 8.99. The summed E-state index contributed by atoms with van der Waals surface area (Å²) in [6.07, 6.45) is 3.70. The summed E-state index contributed by atoms with van der Waals surface area (Å²) in [6, 6.07) is 1.12. The Morgan fingerprint density at radius 2 is 1.62 bits per heavy atom. The molecule has 168 valence electrons. The molecule has 0 bridgehead atoms. The number of aliphatic carboxylic acids is 2. The van der Waals surface area contributed by atoms with Gasteiger partial charge in [0.05, 0.1) is 0 Å². The number of rotatable bonds is 7. The predicted octanol–water partition coefficient (Wildman–Crippen LogP) is -0.858. The van der Waals surface area contributed by atoms with Gasteiger partial charge in [-0.3, -0.25) is 38.2 Å². The van der Waals surface area contributed by atoms with E-state index in [0.29, 0.717) is 15.0 Å². The number of amides is 3. The molecule has 0 spiro atoms. The van der Waals surface area contributed by atoms with Crippen LogP contribution in [-0.2, 0) is 30.5 Å². The van der Waals surface area contributed by atoms with E-state index in [-0.39, 0.29) is 16.7 Å². The number of aryl methyl sites for hydroxylation is 1. The molecule has 1 aromatic heterocycles. The molecule has 0 saturated carbocycles. The molecular weight excluding hydrogens is 426 g/mol. The number of carboxylic acids is 2. The first kappa shape index (κ1) is 23.8. The number of pyridine rings is 1. The Bertz CT molecular complexity index is 1200. The molecule has 12 heteroatoms. The minimum atomic E-state index is -1.48. The average Bonchev–Trinajstić information content (AvgIpc) is 2.66. The highest BCUT2D eigenvalue weighted by Crippen LogP contribution is 2.26. The topological polar surface area (TPSA) is 197 Å². The van der Waals surface area contributed by atoms with Crippen molar-refractivity contribution in [2.75, 3.05) is 6.54 Å². The van der Waals surface area contributed by atoms with Crippen LogP contribution in [0.2, 0.25) is 0 Å². The zero-order valence-electron chi connectivity index (χ0n) is 17.0. The molecule has 32 heavy (non-hydrogen) atoms. The summed E-state index contributed by atoms with van der Waals surface area (Å²) in [5, 5.41) is 28.2. The summed E-state index contributed by atoms with van der Waals surface area (Å²) in [7, 11) is 0. The minimum absolute atomic E-state index is 0.0596. The molecule has 2 heterocycles. The second kappa shape index (κ2) is 9.12. The summed E-state index contributed by atoms with van der Waals surface area (Å²) >= 11 is 0. The second-order valence-corrected chi connectivity index (χ2v) is 6.78. The normalized spacial score (nSPS) is 15.7. The van der Waals surface area contributed by atoms with Crippen LogP contribution in [0.15, 0.2) is 39.7 Å². The molecule has 0 fully saturated rings. The van der Waals surface area contributed by atoms with Crippen molar-refractivity contribution in [1.29, 1.82) is 0 Å². The van der Waals surface area contributed by atoms with Gasteiger partial charge < -0.3 is 21.1 Å². The summed E-state index contributed by atoms with van der Waals surface area (Å²) in [5.41, 5.74) is 4.09. The third kappa shape index (κ3) is 4.64. The van der Waals surface area contributed by atoms with Crippen molar-refractivity contribution in [3.63, 3.8) is 0 Å². The highest BCUT2D eigenvalue weighted by Gasteiger charge is 2.38. The molecule has 12 nitrogen and oxygen atoms in total. The Kier molecular flexibility index (Phi) is 6.78. The summed E-state index contributed by atoms with van der Waals surface area (Å²) in [4.78, 5) is 70.9. The van der Waals surface area contributed by atoms with Crippen LogP contribution in [0.3, 0.4) is 0 Å². The number of carboxylic acid groups (broad SMARTS) is 2. The van der Waals surface area contributed by atoms with Crippen molar-refractivity contribution in [1.82, 2.24) is 9.47 Å². The van der Waals surface area contributed by atoms with Gasteiger partial charge in [-0.1, -0.05) is 6.08 Å². The number of hydrogen-bond donors (Lipinski definition) is 4. The number of aromatic hydroxyl groups is 1. The standard InChI is InChI=1S/C20H19N3O9/c1-9-6-13(24)22(7-14(25)26)18(30)11(9)4-3-5-12-10(2)16(17(21)29)20(32)23(19(12)31)8-15(27)28/h3-6,30H,7-8H2,1-2H3,(H2,21,29)(H,25,26)(H,27,28)/b4-3+,12-5-. The fourth-order valence-corrected chi connectivity index (χ4v) is 3.10. The Hall–Kier alpha value is -4.48. The van der Waals surface area contributed by atoms with Crippen LogP contribution >= 0.6 is 0 Å². The zero-order chi connectivity index (χ0) is 24.3. The SMILES string of the molecule is CC1=C(C(N)=O)C(=O)N(CC(=O)O)C(=O)/C1=C\C=C\c1c(C)cc(=O)n(CC(=O)O)c1O. The van der Waals surface area contributed by atoms with E-state index in [1.807, 2.05) is 0 Å². The molecule has 0 saturated heterocycles. The lowest BCUT2D eigenvalue weighted by Gasteiger charge is -2.27. The van der Waals surface area contributed by atoms with Gasteiger partial charge in [0.2, 0.25) is 5.88 Å². The Morgan fingerprint density at radius 3 is 2.16 bits per heavy atom. The van der Waals surface area contributed by atoms with Crippen molar-refractivity contribution < 1.29 is 39.3 Å². The van der Waals surface area contributed by atoms with E-state index in [9.17, 15) is 33.9 Å². The van der Waals surface area contributed by atoms with Crippen LogP contribution in [0, 0.1) is 6.92 Å². The van der Waals surface area contributed by atoms with Crippen LogP contribution < -0.4 is 11.3 Å². The molecule has 0 radical (unpaired) electrons. The van der Waals surface area contributed by atoms with E-state index < -0.39 is 59.8 Å². The van der Waals surface area contributed by atoms with Crippen molar-refractivity contribution in [3.8, 4) is 5.88 Å². The lowest BCUT2D eigenvalue weighted by atomic mass is 9.93. The number of imide groups is 1. The number of hydrogen-bond acceptors (Lipinski definition) is 7. The van der Waals surface area contributed by atoms with Crippen molar-refractivity contribution >= 4 is 35.7 Å². The average molecular weight is 445 g/mol. The third-order valence-electron chi connectivity index (χ3n) is 4.60. The fourth-order valence-electron chi connectivity index (χ4n) is 3.10. The second-order valence-electron chi connectivity index (χ2n) is 6.78. The minimum Gasteiger partial charge on any atom is -0.494 e. The first-order valence-electron chi connectivity index (χ1n) is 8.99. The largest absolute Gasteiger partial charge is 0.494 e. The molecule has 0 unspecified atom stereocenters. The maximum atomic E-state index is 12.6. The highest BCUT2D eigenvalue weighted by molar-refractivity contribution is 6.28. The molecule has 0 aliphatic carbocycles. The van der Waals surface area contributed by atoms with Crippen LogP contribution in [0.25, 0.3) is 6.08 Å². The van der Waals surface area contributed by atoms with E-state index in [0.717, 1.165) is 6.07 Å². The van der Waals surface area contributed by atoms with Gasteiger partial charge in [-0.2, -0.15) is 0 Å². The molecule has 0 aromatic carbocycles. The number of carbonyl (C=O) groups is 5. The monoisotopic (exact) mass is 445 g/mol. The van der Waals surface area contributed by atoms with E-state index in [4.69, 9.17) is 15.9 Å². The van der Waals surface area contributed by atoms with Crippen molar-refractivity contribution in [2.24, 2.45) is 5.73 Å². The number of primary amides is 1. The lowest BCUT2D eigenvalue weighted by Crippen LogP contribution is -2.47. The smallest absolute Gasteiger partial charge is 0.323 e. The quantitative estimate of drug-likeness (QED) is 0.234. The summed E-state index contributed by atoms with van der Waals surface area (Å²) < 4.78 is 0.636. The number of nitrogens with two attached hydrogens (primary N) is 1. The van der Waals surface area contributed by atoms with E-state index in [1.54, 1.807) is 0 Å². The molecule has 1 aromatic rings. The van der Waals surface area contributed by atoms with Gasteiger partial charge in [0, 0.05) is 17.2 Å². The zero-order valence-corrected chi connectivity index (χ0v) is 17.0. The molecular formula is C20H19N3O9. The Morgan fingerprint density at radius 1 is 1.03 bits per heavy atom. The number of aromatic nitrogens is 1. The number of carbonyl (C=O) groups excluding carboxylic acids is 3. The fraction of sp³-hybridized carbons (Fsp3) is 0.200. The molecule has 3 amide bonds. The molecule has 5 N–H and O–H groups in total. The van der Waals surface area contributed by atoms with Crippen LogP contribution in [0.5, 0.6) is 5.88 Å². The maximum absolute atomic E-state index is 12.6. The first-order chi connectivity index (χ1) is 14.9. The third-order valence-corrected chi connectivity index (χ3v) is 4.60. The van der Waals surface area contributed by atoms with Gasteiger partial charge in [-0.25, -0.2) is 0 Å². The summed E-state index contributed by atoms with van der Waals surface area (Å²) in [5.74, 6) is -6.68. The maximum Gasteiger partial charge on any atom is 0.323 e. The highest BCUT2D eigenvalue weighted by atomic mass is 16.4. The van der Waals surface area contributed by atoms with Gasteiger partial charge in [0.25, 0.3) is 23.3 Å². The molecule has 2 rings (SSSR count). The van der Waals surface area contributed by atoms with E-state index in [1.165, 1.54) is 32.1 Å². The van der Waals surface area contributed by atoms with Crippen LogP contribution in [0.1, 0.15) is 18.1 Å². The van der Waals surface area contributed by atoms with Gasteiger partial charge in [-0.15, -0.1) is 0 Å². The lowest BCUT2D eigenvalue weighted by molar-refractivity contribution is -0.150. The Labute approximate surface area is 180 Å². The van der Waals surface area contributed by atoms with Crippen LogP contribution in [-0.4, -0.2) is 61.0 Å². The van der Waals surface area contributed by atoms with E-state index >= 15 is 0 Å². The van der Waals surface area contributed by atoms with Crippen molar-refractivity contribution in [2.45, 2.75) is 20.4 Å². The Balaban J connectivity index is 2.58. The molecule has 1 aliphatic rings. The summed E-state index contributed by atoms with van der Waals surface area (Å²) in [6.45, 7) is 1.03. The van der Waals surface area contributed by atoms with Crippen LogP contribution in [0.4, 0.5) is 0 Å². The number of allylic oxidation sites excluding steroid dienone is 2.